The summed E-state index contributed by atoms with van der Waals surface area (Å²) in [6, 6.07) is 3.49. The van der Waals surface area contributed by atoms with E-state index in [0.29, 0.717) is 18.7 Å². The Hall–Kier alpha value is -1.63. The summed E-state index contributed by atoms with van der Waals surface area (Å²) in [4.78, 5) is 18.1. The third-order valence-corrected chi connectivity index (χ3v) is 5.96. The molecule has 1 aliphatic rings. The van der Waals surface area contributed by atoms with E-state index in [9.17, 15) is 13.2 Å². The number of amides is 1. The molecule has 1 aromatic heterocycles. The smallest absolute Gasteiger partial charge is 0.269 e. The van der Waals surface area contributed by atoms with Crippen molar-refractivity contribution < 1.29 is 13.2 Å². The van der Waals surface area contributed by atoms with Crippen LogP contribution in [0.2, 0.25) is 0 Å². The Kier molecular flexibility index (Phi) is 5.98. The molecule has 1 aromatic rings. The van der Waals surface area contributed by atoms with Crippen molar-refractivity contribution in [2.75, 3.05) is 30.0 Å². The van der Waals surface area contributed by atoms with Crippen molar-refractivity contribution in [3.8, 4) is 0 Å². The molecule has 2 heterocycles. The zero-order chi connectivity index (χ0) is 16.9. The maximum absolute atomic E-state index is 12.0. The molecule has 0 aromatic carbocycles. The second-order valence-electron chi connectivity index (χ2n) is 6.03. The standard InChI is InChI=1S/C16H25N3O3S/c1-3-4-5-9-17-16(20)15-7-6-13(11-18-15)19(2)14-8-10-23(21,22)12-14/h6-7,11,14H,3-5,8-10,12H2,1-2H3,(H,17,20). The molecular weight excluding hydrogens is 314 g/mol. The Labute approximate surface area is 138 Å². The van der Waals surface area contributed by atoms with Crippen molar-refractivity contribution in [2.45, 2.75) is 38.6 Å². The van der Waals surface area contributed by atoms with Crippen molar-refractivity contribution in [3.05, 3.63) is 24.0 Å². The monoisotopic (exact) mass is 339 g/mol. The van der Waals surface area contributed by atoms with Crippen LogP contribution < -0.4 is 10.2 Å². The molecule has 1 unspecified atom stereocenters. The lowest BCUT2D eigenvalue weighted by atomic mass is 10.2. The van der Waals surface area contributed by atoms with E-state index in [1.165, 1.54) is 0 Å². The van der Waals surface area contributed by atoms with Gasteiger partial charge in [-0.3, -0.25) is 4.79 Å². The molecule has 1 amide bonds. The molecule has 0 radical (unpaired) electrons. The number of carbonyl (C=O) groups excluding carboxylic acids is 1. The number of aromatic nitrogens is 1. The maximum atomic E-state index is 12.0. The third kappa shape index (κ3) is 4.92. The van der Waals surface area contributed by atoms with E-state index in [-0.39, 0.29) is 23.5 Å². The van der Waals surface area contributed by atoms with Crippen molar-refractivity contribution in [1.29, 1.82) is 0 Å². The zero-order valence-electron chi connectivity index (χ0n) is 13.8. The molecule has 0 spiro atoms. The Morgan fingerprint density at radius 2 is 2.17 bits per heavy atom. The van der Waals surface area contributed by atoms with Gasteiger partial charge in [-0.15, -0.1) is 0 Å². The summed E-state index contributed by atoms with van der Waals surface area (Å²) in [6.07, 6.45) is 5.46. The number of carbonyl (C=O) groups is 1. The van der Waals surface area contributed by atoms with Crippen LogP contribution in [0, 0.1) is 0 Å². The van der Waals surface area contributed by atoms with Gasteiger partial charge in [0.25, 0.3) is 5.91 Å². The molecule has 1 saturated heterocycles. The topological polar surface area (TPSA) is 79.4 Å². The normalized spacial score (nSPS) is 19.5. The molecule has 2 rings (SSSR count). The fraction of sp³-hybridized carbons (Fsp3) is 0.625. The highest BCUT2D eigenvalue weighted by Gasteiger charge is 2.30. The molecule has 6 nitrogen and oxygen atoms in total. The highest BCUT2D eigenvalue weighted by atomic mass is 32.2. The Morgan fingerprint density at radius 3 is 2.74 bits per heavy atom. The van der Waals surface area contributed by atoms with Crippen LogP contribution in [-0.2, 0) is 9.84 Å². The molecule has 1 atom stereocenters. The minimum atomic E-state index is -2.91. The second-order valence-corrected chi connectivity index (χ2v) is 8.26. The van der Waals surface area contributed by atoms with Gasteiger partial charge in [-0.1, -0.05) is 19.8 Å². The summed E-state index contributed by atoms with van der Waals surface area (Å²) in [7, 11) is -1.04. The van der Waals surface area contributed by atoms with Crippen molar-refractivity contribution in [1.82, 2.24) is 10.3 Å². The quantitative estimate of drug-likeness (QED) is 0.764. The van der Waals surface area contributed by atoms with Crippen LogP contribution in [0.3, 0.4) is 0 Å². The van der Waals surface area contributed by atoms with Crippen LogP contribution >= 0.6 is 0 Å². The van der Waals surface area contributed by atoms with Crippen LogP contribution in [-0.4, -0.2) is 50.4 Å². The van der Waals surface area contributed by atoms with Crippen LogP contribution in [0.5, 0.6) is 0 Å². The first kappa shape index (κ1) is 17.7. The van der Waals surface area contributed by atoms with Gasteiger partial charge in [0.15, 0.2) is 9.84 Å². The van der Waals surface area contributed by atoms with Gasteiger partial charge in [-0.25, -0.2) is 13.4 Å². The first-order valence-corrected chi connectivity index (χ1v) is 9.92. The van der Waals surface area contributed by atoms with E-state index in [0.717, 1.165) is 24.9 Å². The summed E-state index contributed by atoms with van der Waals surface area (Å²) < 4.78 is 23.1. The molecule has 0 bridgehead atoms. The SMILES string of the molecule is CCCCCNC(=O)c1ccc(N(C)C2CCS(=O)(=O)C2)cn1. The number of sulfone groups is 1. The maximum Gasteiger partial charge on any atom is 0.269 e. The predicted octanol–water partition coefficient (Wildman–Crippen LogP) is 1.62. The number of hydrogen-bond donors (Lipinski definition) is 1. The fourth-order valence-corrected chi connectivity index (χ4v) is 4.46. The van der Waals surface area contributed by atoms with Crippen molar-refractivity contribution in [3.63, 3.8) is 0 Å². The van der Waals surface area contributed by atoms with E-state index in [2.05, 4.69) is 17.2 Å². The van der Waals surface area contributed by atoms with Gasteiger partial charge < -0.3 is 10.2 Å². The van der Waals surface area contributed by atoms with Gasteiger partial charge in [0, 0.05) is 19.6 Å². The molecule has 0 saturated carbocycles. The number of pyridine rings is 1. The van der Waals surface area contributed by atoms with Gasteiger partial charge in [0.05, 0.1) is 23.4 Å². The highest BCUT2D eigenvalue weighted by Crippen LogP contribution is 2.22. The molecular formula is C16H25N3O3S. The van der Waals surface area contributed by atoms with E-state index < -0.39 is 9.84 Å². The molecule has 1 aliphatic heterocycles. The first-order chi connectivity index (χ1) is 10.9. The summed E-state index contributed by atoms with van der Waals surface area (Å²) in [6.45, 7) is 2.78. The largest absolute Gasteiger partial charge is 0.369 e. The minimum Gasteiger partial charge on any atom is -0.369 e. The van der Waals surface area contributed by atoms with Crippen LogP contribution in [0.15, 0.2) is 18.3 Å². The van der Waals surface area contributed by atoms with Gasteiger partial charge in [0.1, 0.15) is 5.69 Å². The number of rotatable bonds is 7. The molecule has 23 heavy (non-hydrogen) atoms. The van der Waals surface area contributed by atoms with Crippen LogP contribution in [0.25, 0.3) is 0 Å². The first-order valence-electron chi connectivity index (χ1n) is 8.10. The summed E-state index contributed by atoms with van der Waals surface area (Å²) >= 11 is 0. The van der Waals surface area contributed by atoms with Crippen molar-refractivity contribution in [2.24, 2.45) is 0 Å². The van der Waals surface area contributed by atoms with Crippen LogP contribution in [0.4, 0.5) is 5.69 Å². The van der Waals surface area contributed by atoms with E-state index in [1.54, 1.807) is 12.3 Å². The van der Waals surface area contributed by atoms with Crippen molar-refractivity contribution >= 4 is 21.4 Å². The Bertz CT molecular complexity index is 628. The number of unbranched alkanes of at least 4 members (excludes halogenated alkanes) is 2. The summed E-state index contributed by atoms with van der Waals surface area (Å²) in [5, 5.41) is 2.85. The Morgan fingerprint density at radius 1 is 1.39 bits per heavy atom. The highest BCUT2D eigenvalue weighted by molar-refractivity contribution is 7.91. The third-order valence-electron chi connectivity index (χ3n) is 4.21. The van der Waals surface area contributed by atoms with Gasteiger partial charge in [-0.2, -0.15) is 0 Å². The van der Waals surface area contributed by atoms with Gasteiger partial charge >= 0.3 is 0 Å². The number of hydrogen-bond acceptors (Lipinski definition) is 5. The summed E-state index contributed by atoms with van der Waals surface area (Å²) in [5.41, 5.74) is 1.22. The predicted molar refractivity (Wildman–Crippen MR) is 91.6 cm³/mol. The van der Waals surface area contributed by atoms with E-state index >= 15 is 0 Å². The average molecular weight is 339 g/mol. The minimum absolute atomic E-state index is 0.0180. The lowest BCUT2D eigenvalue weighted by Gasteiger charge is -2.25. The number of nitrogens with zero attached hydrogens (tertiary/aromatic N) is 2. The molecule has 128 valence electrons. The van der Waals surface area contributed by atoms with Gasteiger partial charge in [0.2, 0.25) is 0 Å². The zero-order valence-corrected chi connectivity index (χ0v) is 14.6. The number of anilines is 1. The molecule has 0 aliphatic carbocycles. The lowest BCUT2D eigenvalue weighted by Crippen LogP contribution is -2.32. The van der Waals surface area contributed by atoms with E-state index in [4.69, 9.17) is 0 Å². The fourth-order valence-electron chi connectivity index (χ4n) is 2.69. The van der Waals surface area contributed by atoms with Gasteiger partial charge in [-0.05, 0) is 25.0 Å². The summed E-state index contributed by atoms with van der Waals surface area (Å²) in [5.74, 6) is 0.260. The Balaban J connectivity index is 1.92. The molecule has 7 heteroatoms. The lowest BCUT2D eigenvalue weighted by molar-refractivity contribution is 0.0948. The van der Waals surface area contributed by atoms with E-state index in [1.807, 2.05) is 18.0 Å². The number of nitrogens with one attached hydrogen (secondary N) is 1. The average Bonchev–Trinajstić information content (AvgIpc) is 2.91. The molecule has 1 fully saturated rings. The van der Waals surface area contributed by atoms with Crippen LogP contribution in [0.1, 0.15) is 43.1 Å². The second kappa shape index (κ2) is 7.77. The molecule has 1 N–H and O–H groups in total.